The van der Waals surface area contributed by atoms with Gasteiger partial charge in [-0.3, -0.25) is 14.6 Å². The van der Waals surface area contributed by atoms with Gasteiger partial charge >= 0.3 is 0 Å². The summed E-state index contributed by atoms with van der Waals surface area (Å²) in [6, 6.07) is 10.3. The zero-order valence-electron chi connectivity index (χ0n) is 17.6. The first-order valence-corrected chi connectivity index (χ1v) is 10.2. The molecule has 1 unspecified atom stereocenters. The van der Waals surface area contributed by atoms with Crippen molar-refractivity contribution in [3.05, 3.63) is 84.2 Å². The number of amides is 1. The summed E-state index contributed by atoms with van der Waals surface area (Å²) in [7, 11) is 0. The predicted octanol–water partition coefficient (Wildman–Crippen LogP) is 3.64. The number of halogens is 4. The standard InChI is InChI=1S/C23H19F4N5O2/c24-15-7-5-14(6-8-15)18-11-19(31-30-18)21-16(3-1-4-17(21)25)22(34)29-20(23(26,27)13-33)12-32-10-2-9-28-32/h1-11,20,33H,12-13H2,(H,29,34)(H,30,31). The second-order valence-corrected chi connectivity index (χ2v) is 7.51. The molecule has 2 aromatic carbocycles. The molecule has 0 aliphatic carbocycles. The molecule has 0 radical (unpaired) electrons. The molecular formula is C23H19F4N5O2. The van der Waals surface area contributed by atoms with Crippen molar-refractivity contribution in [3.8, 4) is 22.5 Å². The zero-order valence-corrected chi connectivity index (χ0v) is 17.6. The molecule has 2 aromatic heterocycles. The number of aromatic nitrogens is 4. The molecule has 7 nitrogen and oxygen atoms in total. The highest BCUT2D eigenvalue weighted by atomic mass is 19.3. The lowest BCUT2D eigenvalue weighted by atomic mass is 10.0. The first-order chi connectivity index (χ1) is 16.3. The van der Waals surface area contributed by atoms with Gasteiger partial charge in [-0.2, -0.15) is 10.2 Å². The lowest BCUT2D eigenvalue weighted by Crippen LogP contribution is -2.52. The molecule has 0 aliphatic rings. The maximum absolute atomic E-state index is 14.8. The summed E-state index contributed by atoms with van der Waals surface area (Å²) in [5, 5.41) is 21.9. The number of rotatable bonds is 8. The lowest BCUT2D eigenvalue weighted by molar-refractivity contribution is -0.0815. The molecule has 3 N–H and O–H groups in total. The van der Waals surface area contributed by atoms with Crippen LogP contribution >= 0.6 is 0 Å². The molecule has 11 heteroatoms. The molecule has 176 valence electrons. The Morgan fingerprint density at radius 3 is 2.59 bits per heavy atom. The molecule has 1 atom stereocenters. The van der Waals surface area contributed by atoms with E-state index in [9.17, 15) is 22.4 Å². The van der Waals surface area contributed by atoms with E-state index in [4.69, 9.17) is 5.11 Å². The Morgan fingerprint density at radius 2 is 1.91 bits per heavy atom. The summed E-state index contributed by atoms with van der Waals surface area (Å²) in [5.74, 6) is -5.87. The minimum absolute atomic E-state index is 0.0557. The van der Waals surface area contributed by atoms with Crippen LogP contribution in [-0.2, 0) is 6.54 Å². The number of carbonyl (C=O) groups excluding carboxylic acids is 1. The van der Waals surface area contributed by atoms with Gasteiger partial charge < -0.3 is 10.4 Å². The van der Waals surface area contributed by atoms with E-state index in [1.807, 2.05) is 0 Å². The first-order valence-electron chi connectivity index (χ1n) is 10.2. The summed E-state index contributed by atoms with van der Waals surface area (Å²) >= 11 is 0. The molecule has 0 spiro atoms. The smallest absolute Gasteiger partial charge is 0.292 e. The van der Waals surface area contributed by atoms with Crippen LogP contribution in [0.4, 0.5) is 17.6 Å². The average Bonchev–Trinajstić information content (AvgIpc) is 3.51. The fourth-order valence-corrected chi connectivity index (χ4v) is 3.43. The number of hydrogen-bond donors (Lipinski definition) is 3. The van der Waals surface area contributed by atoms with Gasteiger partial charge in [-0.05, 0) is 54.1 Å². The molecule has 1 amide bonds. The Labute approximate surface area is 191 Å². The number of H-pyrrole nitrogens is 1. The van der Waals surface area contributed by atoms with Gasteiger partial charge in [0.1, 0.15) is 24.3 Å². The summed E-state index contributed by atoms with van der Waals surface area (Å²) in [5.41, 5.74) is 0.642. The summed E-state index contributed by atoms with van der Waals surface area (Å²) < 4.78 is 58.0. The highest BCUT2D eigenvalue weighted by molar-refractivity contribution is 6.01. The van der Waals surface area contributed by atoms with Crippen LogP contribution < -0.4 is 5.32 Å². The normalized spacial score (nSPS) is 12.5. The second-order valence-electron chi connectivity index (χ2n) is 7.51. The second kappa shape index (κ2) is 9.48. The molecule has 0 aliphatic heterocycles. The van der Waals surface area contributed by atoms with Gasteiger partial charge in [-0.25, -0.2) is 17.6 Å². The van der Waals surface area contributed by atoms with E-state index in [2.05, 4.69) is 20.6 Å². The quantitative estimate of drug-likeness (QED) is 0.341. The Kier molecular flexibility index (Phi) is 6.46. The van der Waals surface area contributed by atoms with E-state index in [1.54, 1.807) is 0 Å². The van der Waals surface area contributed by atoms with Crippen LogP contribution in [-0.4, -0.2) is 49.6 Å². The molecule has 0 saturated heterocycles. The number of aliphatic hydroxyl groups is 1. The van der Waals surface area contributed by atoms with Gasteiger partial charge in [0.05, 0.1) is 29.1 Å². The van der Waals surface area contributed by atoms with E-state index in [0.717, 1.165) is 6.07 Å². The largest absolute Gasteiger partial charge is 0.390 e. The number of alkyl halides is 2. The van der Waals surface area contributed by atoms with Crippen LogP contribution in [0.2, 0.25) is 0 Å². The van der Waals surface area contributed by atoms with Crippen molar-refractivity contribution >= 4 is 5.91 Å². The van der Waals surface area contributed by atoms with Crippen LogP contribution in [0.15, 0.2) is 67.0 Å². The van der Waals surface area contributed by atoms with Gasteiger partial charge in [0.25, 0.3) is 11.8 Å². The van der Waals surface area contributed by atoms with Crippen LogP contribution in [0.3, 0.4) is 0 Å². The highest BCUT2D eigenvalue weighted by Crippen LogP contribution is 2.29. The van der Waals surface area contributed by atoms with Crippen molar-refractivity contribution in [1.29, 1.82) is 0 Å². The van der Waals surface area contributed by atoms with Gasteiger partial charge in [-0.1, -0.05) is 6.07 Å². The minimum atomic E-state index is -3.67. The Morgan fingerprint density at radius 1 is 1.15 bits per heavy atom. The topological polar surface area (TPSA) is 95.8 Å². The van der Waals surface area contributed by atoms with E-state index in [1.165, 1.54) is 65.6 Å². The van der Waals surface area contributed by atoms with Gasteiger partial charge in [-0.15, -0.1) is 0 Å². The number of aromatic amines is 1. The Balaban J connectivity index is 1.66. The van der Waals surface area contributed by atoms with Crippen molar-refractivity contribution in [2.75, 3.05) is 6.61 Å². The molecule has 4 rings (SSSR count). The van der Waals surface area contributed by atoms with E-state index >= 15 is 0 Å². The highest BCUT2D eigenvalue weighted by Gasteiger charge is 2.41. The molecule has 0 saturated carbocycles. The summed E-state index contributed by atoms with van der Waals surface area (Å²) in [6.07, 6.45) is 2.82. The number of benzene rings is 2. The molecule has 0 fully saturated rings. The van der Waals surface area contributed by atoms with Crippen molar-refractivity contribution in [1.82, 2.24) is 25.3 Å². The molecule has 0 bridgehead atoms. The van der Waals surface area contributed by atoms with Crippen LogP contribution in [0.5, 0.6) is 0 Å². The fourth-order valence-electron chi connectivity index (χ4n) is 3.43. The molecule has 4 aromatic rings. The molecule has 2 heterocycles. The van der Waals surface area contributed by atoms with Crippen LogP contribution in [0.1, 0.15) is 10.4 Å². The maximum atomic E-state index is 14.8. The number of aliphatic hydroxyl groups excluding tert-OH is 1. The van der Waals surface area contributed by atoms with Crippen molar-refractivity contribution in [2.45, 2.75) is 18.5 Å². The fraction of sp³-hybridized carbons (Fsp3) is 0.174. The third kappa shape index (κ3) is 4.84. The molecular weight excluding hydrogens is 454 g/mol. The zero-order chi connectivity index (χ0) is 24.3. The number of hydrogen-bond acceptors (Lipinski definition) is 4. The minimum Gasteiger partial charge on any atom is -0.390 e. The Hall–Kier alpha value is -3.99. The number of nitrogens with one attached hydrogen (secondary N) is 2. The first kappa shape index (κ1) is 23.2. The average molecular weight is 473 g/mol. The van der Waals surface area contributed by atoms with Crippen molar-refractivity contribution in [2.24, 2.45) is 0 Å². The SMILES string of the molecule is O=C(NC(Cn1cccn1)C(F)(F)CO)c1cccc(F)c1-c1cc(-c2ccc(F)cc2)[nH]n1. The van der Waals surface area contributed by atoms with Crippen molar-refractivity contribution in [3.63, 3.8) is 0 Å². The lowest BCUT2D eigenvalue weighted by Gasteiger charge is -2.26. The van der Waals surface area contributed by atoms with Crippen LogP contribution in [0, 0.1) is 11.6 Å². The van der Waals surface area contributed by atoms with Crippen molar-refractivity contribution < 1.29 is 27.5 Å². The predicted molar refractivity (Wildman–Crippen MR) is 115 cm³/mol. The monoisotopic (exact) mass is 473 g/mol. The summed E-state index contributed by atoms with van der Waals surface area (Å²) in [4.78, 5) is 13.0. The third-order valence-electron chi connectivity index (χ3n) is 5.20. The maximum Gasteiger partial charge on any atom is 0.292 e. The van der Waals surface area contributed by atoms with Gasteiger partial charge in [0, 0.05) is 12.4 Å². The van der Waals surface area contributed by atoms with E-state index in [0.29, 0.717) is 11.3 Å². The summed E-state index contributed by atoms with van der Waals surface area (Å²) in [6.45, 7) is -1.93. The van der Waals surface area contributed by atoms with E-state index < -0.39 is 42.7 Å². The number of carbonyl (C=O) groups is 1. The van der Waals surface area contributed by atoms with E-state index in [-0.39, 0.29) is 16.8 Å². The molecule has 34 heavy (non-hydrogen) atoms. The van der Waals surface area contributed by atoms with Crippen LogP contribution in [0.25, 0.3) is 22.5 Å². The number of nitrogens with zero attached hydrogens (tertiary/aromatic N) is 3. The Bertz CT molecular complexity index is 1270. The van der Waals surface area contributed by atoms with Gasteiger partial charge in [0.2, 0.25) is 0 Å². The third-order valence-corrected chi connectivity index (χ3v) is 5.20. The van der Waals surface area contributed by atoms with Gasteiger partial charge in [0.15, 0.2) is 0 Å².